The summed E-state index contributed by atoms with van der Waals surface area (Å²) in [5, 5.41) is 3.33. The summed E-state index contributed by atoms with van der Waals surface area (Å²) in [4.78, 5) is 0. The molecule has 2 atom stereocenters. The Morgan fingerprint density at radius 3 is 2.75 bits per heavy atom. The maximum atomic E-state index is 5.48. The molecule has 0 aromatic carbocycles. The smallest absolute Gasteiger partial charge is 0.0983 e. The lowest BCUT2D eigenvalue weighted by atomic mass is 10.2. The molecule has 3 nitrogen and oxygen atoms in total. The summed E-state index contributed by atoms with van der Waals surface area (Å²) in [5.41, 5.74) is 0. The molecule has 0 saturated carbocycles. The van der Waals surface area contributed by atoms with E-state index in [9.17, 15) is 0 Å². The molecule has 0 radical (unpaired) electrons. The highest BCUT2D eigenvalue weighted by molar-refractivity contribution is 5.85. The molecule has 2 unspecified atom stereocenters. The van der Waals surface area contributed by atoms with Crippen LogP contribution in [0.3, 0.4) is 0 Å². The van der Waals surface area contributed by atoms with Gasteiger partial charge < -0.3 is 14.8 Å². The summed E-state index contributed by atoms with van der Waals surface area (Å²) in [6.45, 7) is 7.40. The Morgan fingerprint density at radius 2 is 2.17 bits per heavy atom. The molecular formula is C8H18ClNO2. The van der Waals surface area contributed by atoms with E-state index in [1.54, 1.807) is 0 Å². The zero-order chi connectivity index (χ0) is 8.10. The largest absolute Gasteiger partial charge is 0.377 e. The summed E-state index contributed by atoms with van der Waals surface area (Å²) in [7, 11) is 0. The van der Waals surface area contributed by atoms with Gasteiger partial charge in [-0.2, -0.15) is 0 Å². The van der Waals surface area contributed by atoms with Crippen molar-refractivity contribution in [3.05, 3.63) is 0 Å². The lowest BCUT2D eigenvalue weighted by Crippen LogP contribution is -2.40. The molecule has 1 aliphatic heterocycles. The third kappa shape index (κ3) is 3.27. The molecule has 0 spiro atoms. The highest BCUT2D eigenvalue weighted by Gasteiger charge is 2.27. The molecule has 1 saturated heterocycles. The van der Waals surface area contributed by atoms with E-state index in [2.05, 4.69) is 12.2 Å². The number of ether oxygens (including phenoxy) is 2. The number of hydrogen-bond donors (Lipinski definition) is 1. The second-order valence-corrected chi connectivity index (χ2v) is 2.70. The Bertz CT molecular complexity index is 101. The molecule has 4 heteroatoms. The predicted molar refractivity (Wildman–Crippen MR) is 50.9 cm³/mol. The number of rotatable bonds is 4. The van der Waals surface area contributed by atoms with Gasteiger partial charge in [0.15, 0.2) is 0 Å². The molecule has 0 aliphatic carbocycles. The topological polar surface area (TPSA) is 30.5 Å². The Labute approximate surface area is 80.2 Å². The second kappa shape index (κ2) is 6.66. The molecule has 0 aromatic rings. The van der Waals surface area contributed by atoms with Crippen molar-refractivity contribution >= 4 is 12.4 Å². The van der Waals surface area contributed by atoms with Crippen molar-refractivity contribution in [3.63, 3.8) is 0 Å². The number of nitrogens with one attached hydrogen (secondary N) is 1. The van der Waals surface area contributed by atoms with Gasteiger partial charge in [0, 0.05) is 6.61 Å². The van der Waals surface area contributed by atoms with E-state index < -0.39 is 0 Å². The van der Waals surface area contributed by atoms with Gasteiger partial charge >= 0.3 is 0 Å². The van der Waals surface area contributed by atoms with Crippen LogP contribution in [-0.4, -0.2) is 38.5 Å². The monoisotopic (exact) mass is 195 g/mol. The van der Waals surface area contributed by atoms with Crippen molar-refractivity contribution in [1.82, 2.24) is 5.32 Å². The fourth-order valence-corrected chi connectivity index (χ4v) is 1.37. The predicted octanol–water partition coefficient (Wildman–Crippen LogP) is 0.822. The fourth-order valence-electron chi connectivity index (χ4n) is 1.37. The van der Waals surface area contributed by atoms with Crippen molar-refractivity contribution in [1.29, 1.82) is 0 Å². The average molecular weight is 196 g/mol. The Balaban J connectivity index is 0.00000121. The van der Waals surface area contributed by atoms with Crippen LogP contribution >= 0.6 is 12.4 Å². The van der Waals surface area contributed by atoms with E-state index in [1.165, 1.54) is 0 Å². The molecule has 0 aromatic heterocycles. The van der Waals surface area contributed by atoms with Crippen LogP contribution in [0.4, 0.5) is 0 Å². The van der Waals surface area contributed by atoms with Gasteiger partial charge in [-0.1, -0.05) is 6.92 Å². The van der Waals surface area contributed by atoms with Crippen LogP contribution in [0.1, 0.15) is 13.8 Å². The lowest BCUT2D eigenvalue weighted by Gasteiger charge is -2.17. The summed E-state index contributed by atoms with van der Waals surface area (Å²) >= 11 is 0. The van der Waals surface area contributed by atoms with Gasteiger partial charge in [0.05, 0.1) is 25.4 Å². The SMILES string of the molecule is CCNC1COCC1OCC.Cl. The van der Waals surface area contributed by atoms with Gasteiger partial charge in [-0.25, -0.2) is 0 Å². The highest BCUT2D eigenvalue weighted by Crippen LogP contribution is 2.08. The van der Waals surface area contributed by atoms with Crippen molar-refractivity contribution < 1.29 is 9.47 Å². The van der Waals surface area contributed by atoms with Crippen LogP contribution in [0, 0.1) is 0 Å². The van der Waals surface area contributed by atoms with E-state index in [0.717, 1.165) is 26.4 Å². The maximum absolute atomic E-state index is 5.48. The summed E-state index contributed by atoms with van der Waals surface area (Å²) in [6.07, 6.45) is 0.264. The van der Waals surface area contributed by atoms with Gasteiger partial charge in [-0.05, 0) is 13.5 Å². The zero-order valence-corrected chi connectivity index (χ0v) is 8.52. The highest BCUT2D eigenvalue weighted by atomic mass is 35.5. The molecule has 0 bridgehead atoms. The van der Waals surface area contributed by atoms with Crippen molar-refractivity contribution in [2.24, 2.45) is 0 Å². The van der Waals surface area contributed by atoms with Crippen LogP contribution < -0.4 is 5.32 Å². The van der Waals surface area contributed by atoms with Crippen molar-refractivity contribution in [3.8, 4) is 0 Å². The standard InChI is InChI=1S/C8H17NO2.ClH/c1-3-9-7-5-10-6-8(7)11-4-2;/h7-9H,3-6H2,1-2H3;1H. The zero-order valence-electron chi connectivity index (χ0n) is 7.71. The quantitative estimate of drug-likeness (QED) is 0.721. The summed E-state index contributed by atoms with van der Waals surface area (Å²) < 4.78 is 10.8. The lowest BCUT2D eigenvalue weighted by molar-refractivity contribution is 0.0416. The number of likely N-dealkylation sites (N-methyl/N-ethyl adjacent to an activating group) is 1. The van der Waals surface area contributed by atoms with Gasteiger partial charge in [-0.15, -0.1) is 12.4 Å². The van der Waals surface area contributed by atoms with Gasteiger partial charge in [0.1, 0.15) is 0 Å². The van der Waals surface area contributed by atoms with Gasteiger partial charge in [0.25, 0.3) is 0 Å². The molecular weight excluding hydrogens is 178 g/mol. The average Bonchev–Trinajstić information content (AvgIpc) is 2.39. The molecule has 0 amide bonds. The first-order valence-electron chi connectivity index (χ1n) is 4.31. The molecule has 1 rings (SSSR count). The normalized spacial score (nSPS) is 28.5. The summed E-state index contributed by atoms with van der Waals surface area (Å²) in [6, 6.07) is 0.403. The van der Waals surface area contributed by atoms with Crippen LogP contribution in [0.25, 0.3) is 0 Å². The molecule has 1 fully saturated rings. The van der Waals surface area contributed by atoms with E-state index in [4.69, 9.17) is 9.47 Å². The maximum Gasteiger partial charge on any atom is 0.0983 e. The Hall–Kier alpha value is 0.170. The first kappa shape index (κ1) is 12.2. The van der Waals surface area contributed by atoms with Crippen LogP contribution in [0.15, 0.2) is 0 Å². The number of halogens is 1. The summed E-state index contributed by atoms with van der Waals surface area (Å²) in [5.74, 6) is 0. The third-order valence-electron chi connectivity index (χ3n) is 1.88. The first-order valence-corrected chi connectivity index (χ1v) is 4.31. The minimum absolute atomic E-state index is 0. The van der Waals surface area contributed by atoms with Gasteiger partial charge in [0.2, 0.25) is 0 Å². The van der Waals surface area contributed by atoms with E-state index in [0.29, 0.717) is 6.04 Å². The van der Waals surface area contributed by atoms with Crippen LogP contribution in [0.2, 0.25) is 0 Å². The number of hydrogen-bond acceptors (Lipinski definition) is 3. The van der Waals surface area contributed by atoms with Gasteiger partial charge in [-0.3, -0.25) is 0 Å². The molecule has 1 aliphatic rings. The molecule has 74 valence electrons. The molecule has 12 heavy (non-hydrogen) atoms. The third-order valence-corrected chi connectivity index (χ3v) is 1.88. The van der Waals surface area contributed by atoms with Crippen LogP contribution in [0.5, 0.6) is 0 Å². The first-order chi connectivity index (χ1) is 5.38. The van der Waals surface area contributed by atoms with Crippen molar-refractivity contribution in [2.75, 3.05) is 26.4 Å². The minimum atomic E-state index is 0. The van der Waals surface area contributed by atoms with Crippen LogP contribution in [-0.2, 0) is 9.47 Å². The van der Waals surface area contributed by atoms with E-state index >= 15 is 0 Å². The minimum Gasteiger partial charge on any atom is -0.377 e. The molecule has 1 heterocycles. The molecule has 1 N–H and O–H groups in total. The fraction of sp³-hybridized carbons (Fsp3) is 1.00. The van der Waals surface area contributed by atoms with E-state index in [-0.39, 0.29) is 18.5 Å². The Kier molecular flexibility index (Phi) is 6.76. The van der Waals surface area contributed by atoms with Crippen molar-refractivity contribution in [2.45, 2.75) is 26.0 Å². The van der Waals surface area contributed by atoms with E-state index in [1.807, 2.05) is 6.92 Å². The second-order valence-electron chi connectivity index (χ2n) is 2.70. The Morgan fingerprint density at radius 1 is 1.42 bits per heavy atom.